The number of nitrogens with one attached hydrogen (secondary N) is 1. The van der Waals surface area contributed by atoms with E-state index in [2.05, 4.69) is 21.5 Å². The first kappa shape index (κ1) is 11.4. The number of rotatable bonds is 4. The zero-order valence-corrected chi connectivity index (χ0v) is 10.1. The molecule has 17 heavy (non-hydrogen) atoms. The lowest BCUT2D eigenvalue weighted by molar-refractivity contribution is 0.742. The molecule has 1 aromatic heterocycles. The molecular formula is C12H17N5. The largest absolute Gasteiger partial charge is 0.399 e. The van der Waals surface area contributed by atoms with Crippen LogP contribution in [0.2, 0.25) is 0 Å². The molecule has 0 saturated heterocycles. The predicted octanol–water partition coefficient (Wildman–Crippen LogP) is 1.36. The third kappa shape index (κ3) is 3.21. The van der Waals surface area contributed by atoms with Gasteiger partial charge in [-0.1, -0.05) is 0 Å². The van der Waals surface area contributed by atoms with Gasteiger partial charge in [0, 0.05) is 31.4 Å². The average Bonchev–Trinajstić information content (AvgIpc) is 2.63. The summed E-state index contributed by atoms with van der Waals surface area (Å²) in [6.07, 6.45) is 2.51. The SMILES string of the molecule is Cc1cc(N)cc(NCCc2ncn(C)n2)c1. The van der Waals surface area contributed by atoms with Crippen molar-refractivity contribution in [3.8, 4) is 0 Å². The van der Waals surface area contributed by atoms with Crippen LogP contribution in [0.4, 0.5) is 11.4 Å². The molecule has 0 atom stereocenters. The van der Waals surface area contributed by atoms with Crippen molar-refractivity contribution < 1.29 is 0 Å². The van der Waals surface area contributed by atoms with Crippen LogP contribution < -0.4 is 11.1 Å². The lowest BCUT2D eigenvalue weighted by Crippen LogP contribution is -2.07. The Morgan fingerprint density at radius 1 is 1.35 bits per heavy atom. The molecule has 0 aliphatic heterocycles. The minimum atomic E-state index is 0.781. The Bertz CT molecular complexity index is 483. The molecule has 3 N–H and O–H groups in total. The summed E-state index contributed by atoms with van der Waals surface area (Å²) < 4.78 is 1.71. The first-order valence-corrected chi connectivity index (χ1v) is 5.59. The maximum Gasteiger partial charge on any atom is 0.152 e. The zero-order chi connectivity index (χ0) is 12.3. The predicted molar refractivity (Wildman–Crippen MR) is 68.8 cm³/mol. The molecular weight excluding hydrogens is 214 g/mol. The fraction of sp³-hybridized carbons (Fsp3) is 0.333. The molecule has 5 nitrogen and oxygen atoms in total. The highest BCUT2D eigenvalue weighted by molar-refractivity contribution is 5.56. The molecule has 0 amide bonds. The van der Waals surface area contributed by atoms with E-state index in [4.69, 9.17) is 5.73 Å². The van der Waals surface area contributed by atoms with Crippen LogP contribution in [0.5, 0.6) is 0 Å². The summed E-state index contributed by atoms with van der Waals surface area (Å²) in [6.45, 7) is 2.83. The van der Waals surface area contributed by atoms with Crippen molar-refractivity contribution in [1.29, 1.82) is 0 Å². The van der Waals surface area contributed by atoms with Gasteiger partial charge in [-0.25, -0.2) is 4.98 Å². The van der Waals surface area contributed by atoms with Crippen LogP contribution in [-0.2, 0) is 13.5 Å². The molecule has 0 bridgehead atoms. The van der Waals surface area contributed by atoms with Crippen molar-refractivity contribution in [2.24, 2.45) is 7.05 Å². The van der Waals surface area contributed by atoms with Gasteiger partial charge >= 0.3 is 0 Å². The summed E-state index contributed by atoms with van der Waals surface area (Å²) in [5.41, 5.74) is 8.75. The molecule has 90 valence electrons. The van der Waals surface area contributed by atoms with E-state index in [9.17, 15) is 0 Å². The Kier molecular flexibility index (Phi) is 3.27. The molecule has 0 unspecified atom stereocenters. The van der Waals surface area contributed by atoms with Gasteiger partial charge in [-0.15, -0.1) is 0 Å². The smallest absolute Gasteiger partial charge is 0.152 e. The van der Waals surface area contributed by atoms with Crippen LogP contribution in [0.15, 0.2) is 24.5 Å². The van der Waals surface area contributed by atoms with Crippen LogP contribution in [0.25, 0.3) is 0 Å². The minimum Gasteiger partial charge on any atom is -0.399 e. The Labute approximate surface area is 101 Å². The highest BCUT2D eigenvalue weighted by atomic mass is 15.3. The van der Waals surface area contributed by atoms with Crippen molar-refractivity contribution in [2.75, 3.05) is 17.6 Å². The fourth-order valence-electron chi connectivity index (χ4n) is 1.73. The number of hydrogen-bond acceptors (Lipinski definition) is 4. The molecule has 2 rings (SSSR count). The summed E-state index contributed by atoms with van der Waals surface area (Å²) in [6, 6.07) is 5.95. The zero-order valence-electron chi connectivity index (χ0n) is 10.1. The van der Waals surface area contributed by atoms with Crippen molar-refractivity contribution in [1.82, 2.24) is 14.8 Å². The third-order valence-corrected chi connectivity index (χ3v) is 2.42. The number of nitrogens with two attached hydrogens (primary N) is 1. The summed E-state index contributed by atoms with van der Waals surface area (Å²) in [5, 5.41) is 7.53. The number of anilines is 2. The summed E-state index contributed by atoms with van der Waals surface area (Å²) in [7, 11) is 1.87. The molecule has 0 aliphatic carbocycles. The van der Waals surface area contributed by atoms with E-state index in [1.165, 1.54) is 0 Å². The number of aryl methyl sites for hydroxylation is 2. The standard InChI is InChI=1S/C12H17N5/c1-9-5-10(13)7-11(6-9)14-4-3-12-15-8-17(2)16-12/h5-8,14H,3-4,13H2,1-2H3. The maximum atomic E-state index is 5.78. The van der Waals surface area contributed by atoms with E-state index in [0.29, 0.717) is 0 Å². The Balaban J connectivity index is 1.89. The van der Waals surface area contributed by atoms with Crippen LogP contribution >= 0.6 is 0 Å². The Hall–Kier alpha value is -2.04. The number of nitrogens with zero attached hydrogens (tertiary/aromatic N) is 3. The molecule has 2 aromatic rings. The van der Waals surface area contributed by atoms with Crippen molar-refractivity contribution in [3.05, 3.63) is 35.9 Å². The number of aromatic nitrogens is 3. The maximum absolute atomic E-state index is 5.78. The second-order valence-electron chi connectivity index (χ2n) is 4.14. The lowest BCUT2D eigenvalue weighted by atomic mass is 10.2. The topological polar surface area (TPSA) is 68.8 Å². The van der Waals surface area contributed by atoms with E-state index in [0.717, 1.165) is 35.7 Å². The minimum absolute atomic E-state index is 0.781. The molecule has 0 radical (unpaired) electrons. The summed E-state index contributed by atoms with van der Waals surface area (Å²) >= 11 is 0. The second kappa shape index (κ2) is 4.86. The van der Waals surface area contributed by atoms with E-state index in [1.54, 1.807) is 11.0 Å². The molecule has 0 fully saturated rings. The normalized spacial score (nSPS) is 10.5. The quantitative estimate of drug-likeness (QED) is 0.780. The summed E-state index contributed by atoms with van der Waals surface area (Å²) in [5.74, 6) is 0.848. The number of benzene rings is 1. The Morgan fingerprint density at radius 3 is 2.82 bits per heavy atom. The monoisotopic (exact) mass is 231 g/mol. The van der Waals surface area contributed by atoms with Crippen LogP contribution in [0.1, 0.15) is 11.4 Å². The number of nitrogen functional groups attached to an aromatic ring is 1. The third-order valence-electron chi connectivity index (χ3n) is 2.42. The molecule has 0 saturated carbocycles. The van der Waals surface area contributed by atoms with Gasteiger partial charge in [0.15, 0.2) is 5.82 Å². The van der Waals surface area contributed by atoms with Gasteiger partial charge < -0.3 is 11.1 Å². The van der Waals surface area contributed by atoms with Crippen molar-refractivity contribution in [2.45, 2.75) is 13.3 Å². The molecule has 0 aliphatic rings. The van der Waals surface area contributed by atoms with Crippen LogP contribution in [0.3, 0.4) is 0 Å². The number of hydrogen-bond donors (Lipinski definition) is 2. The van der Waals surface area contributed by atoms with Crippen molar-refractivity contribution in [3.63, 3.8) is 0 Å². The van der Waals surface area contributed by atoms with Gasteiger partial charge in [-0.05, 0) is 30.7 Å². The van der Waals surface area contributed by atoms with Gasteiger partial charge in [-0.3, -0.25) is 4.68 Å². The van der Waals surface area contributed by atoms with E-state index in [-0.39, 0.29) is 0 Å². The van der Waals surface area contributed by atoms with E-state index >= 15 is 0 Å². The van der Waals surface area contributed by atoms with Crippen LogP contribution in [0, 0.1) is 6.92 Å². The summed E-state index contributed by atoms with van der Waals surface area (Å²) in [4.78, 5) is 4.17. The van der Waals surface area contributed by atoms with Gasteiger partial charge in [0.25, 0.3) is 0 Å². The first-order chi connectivity index (χ1) is 8.13. The van der Waals surface area contributed by atoms with Gasteiger partial charge in [-0.2, -0.15) is 5.10 Å². The molecule has 1 aromatic carbocycles. The Morgan fingerprint density at radius 2 is 2.18 bits per heavy atom. The van der Waals surface area contributed by atoms with E-state index < -0.39 is 0 Å². The van der Waals surface area contributed by atoms with E-state index in [1.807, 2.05) is 26.1 Å². The van der Waals surface area contributed by atoms with Crippen molar-refractivity contribution >= 4 is 11.4 Å². The average molecular weight is 231 g/mol. The molecule has 5 heteroatoms. The molecule has 1 heterocycles. The van der Waals surface area contributed by atoms with Gasteiger partial charge in [0.2, 0.25) is 0 Å². The highest BCUT2D eigenvalue weighted by Gasteiger charge is 1.99. The highest BCUT2D eigenvalue weighted by Crippen LogP contribution is 2.15. The molecule has 0 spiro atoms. The second-order valence-corrected chi connectivity index (χ2v) is 4.14. The van der Waals surface area contributed by atoms with Gasteiger partial charge in [0.1, 0.15) is 6.33 Å². The van der Waals surface area contributed by atoms with Gasteiger partial charge in [0.05, 0.1) is 0 Å². The fourth-order valence-corrected chi connectivity index (χ4v) is 1.73. The lowest BCUT2D eigenvalue weighted by Gasteiger charge is -2.07. The first-order valence-electron chi connectivity index (χ1n) is 5.59. The van der Waals surface area contributed by atoms with Crippen LogP contribution in [-0.4, -0.2) is 21.3 Å².